The van der Waals surface area contributed by atoms with Gasteiger partial charge in [0.25, 0.3) is 0 Å². The van der Waals surface area contributed by atoms with Crippen LogP contribution >= 0.6 is 0 Å². The first-order chi connectivity index (χ1) is 12.6. The normalized spacial score (nSPS) is 22.6. The average Bonchev–Trinajstić information content (AvgIpc) is 3.03. The predicted octanol–water partition coefficient (Wildman–Crippen LogP) is 2.84. The maximum atomic E-state index is 12.8. The first kappa shape index (κ1) is 17.5. The van der Waals surface area contributed by atoms with E-state index in [-0.39, 0.29) is 17.3 Å². The maximum Gasteiger partial charge on any atom is 0.416 e. The molecule has 27 heavy (non-hydrogen) atoms. The van der Waals surface area contributed by atoms with E-state index in [4.69, 9.17) is 0 Å². The largest absolute Gasteiger partial charge is 0.507 e. The number of rotatable bonds is 3. The fourth-order valence-electron chi connectivity index (χ4n) is 3.32. The van der Waals surface area contributed by atoms with Crippen LogP contribution in [-0.2, 0) is 6.18 Å². The summed E-state index contributed by atoms with van der Waals surface area (Å²) in [5.74, 6) is -0.142. The van der Waals surface area contributed by atoms with Gasteiger partial charge in [0, 0.05) is 11.6 Å². The van der Waals surface area contributed by atoms with Crippen molar-refractivity contribution in [3.05, 3.63) is 36.3 Å². The summed E-state index contributed by atoms with van der Waals surface area (Å²) in [4.78, 5) is 4.05. The number of imidazole rings is 1. The Balaban J connectivity index is 1.70. The number of phenols is 1. The van der Waals surface area contributed by atoms with E-state index in [1.54, 1.807) is 11.3 Å². The Labute approximate surface area is 151 Å². The zero-order valence-corrected chi connectivity index (χ0v) is 14.2. The molecular weight excluding hydrogens is 363 g/mol. The molecule has 0 spiro atoms. The van der Waals surface area contributed by atoms with Crippen LogP contribution in [0.3, 0.4) is 0 Å². The van der Waals surface area contributed by atoms with Crippen LogP contribution < -0.4 is 5.32 Å². The van der Waals surface area contributed by atoms with Crippen LogP contribution in [0.1, 0.15) is 25.3 Å². The van der Waals surface area contributed by atoms with Crippen molar-refractivity contribution in [3.63, 3.8) is 0 Å². The number of nitrogens with zero attached hydrogens (tertiary/aromatic N) is 4. The van der Waals surface area contributed by atoms with Gasteiger partial charge in [0.2, 0.25) is 5.95 Å². The van der Waals surface area contributed by atoms with Crippen LogP contribution in [0.4, 0.5) is 19.1 Å². The van der Waals surface area contributed by atoms with E-state index in [9.17, 15) is 23.4 Å². The number of fused-ring (bicyclic) bond motifs is 1. The van der Waals surface area contributed by atoms with Gasteiger partial charge in [0.15, 0.2) is 0 Å². The van der Waals surface area contributed by atoms with Gasteiger partial charge in [0.05, 0.1) is 22.9 Å². The summed E-state index contributed by atoms with van der Waals surface area (Å²) in [7, 11) is 0. The highest BCUT2D eigenvalue weighted by Crippen LogP contribution is 2.38. The molecule has 1 aliphatic carbocycles. The number of hydrogen-bond donors (Lipinski definition) is 3. The molecule has 0 radical (unpaired) electrons. The van der Waals surface area contributed by atoms with Crippen molar-refractivity contribution in [2.24, 2.45) is 0 Å². The van der Waals surface area contributed by atoms with E-state index >= 15 is 0 Å². The van der Waals surface area contributed by atoms with Crippen molar-refractivity contribution in [2.75, 3.05) is 5.32 Å². The first-order valence-electron chi connectivity index (χ1n) is 8.22. The van der Waals surface area contributed by atoms with E-state index in [0.29, 0.717) is 30.4 Å². The molecule has 0 saturated heterocycles. The molecule has 142 valence electrons. The highest BCUT2D eigenvalue weighted by molar-refractivity contribution is 5.80. The van der Waals surface area contributed by atoms with Crippen molar-refractivity contribution in [1.82, 2.24) is 19.6 Å². The van der Waals surface area contributed by atoms with E-state index in [0.717, 1.165) is 12.1 Å². The van der Waals surface area contributed by atoms with Gasteiger partial charge in [-0.2, -0.15) is 13.2 Å². The van der Waals surface area contributed by atoms with Crippen molar-refractivity contribution in [1.29, 1.82) is 0 Å². The first-order valence-corrected chi connectivity index (χ1v) is 8.22. The van der Waals surface area contributed by atoms with Crippen molar-refractivity contribution >= 4 is 11.5 Å². The number of alkyl halides is 3. The maximum absolute atomic E-state index is 12.8. The quantitative estimate of drug-likeness (QED) is 0.648. The monoisotopic (exact) mass is 379 g/mol. The van der Waals surface area contributed by atoms with Crippen molar-refractivity contribution in [2.45, 2.75) is 37.6 Å². The second-order valence-electron chi connectivity index (χ2n) is 7.00. The minimum Gasteiger partial charge on any atom is -0.507 e. The molecule has 0 atom stereocenters. The molecule has 0 aliphatic heterocycles. The summed E-state index contributed by atoms with van der Waals surface area (Å²) in [5.41, 5.74) is -0.834. The molecule has 7 nitrogen and oxygen atoms in total. The van der Waals surface area contributed by atoms with Gasteiger partial charge in [-0.05, 0) is 38.0 Å². The van der Waals surface area contributed by atoms with Gasteiger partial charge in [-0.15, -0.1) is 10.2 Å². The molecule has 0 unspecified atom stereocenters. The van der Waals surface area contributed by atoms with E-state index in [2.05, 4.69) is 20.5 Å². The lowest BCUT2D eigenvalue weighted by Crippen LogP contribution is -2.48. The summed E-state index contributed by atoms with van der Waals surface area (Å²) < 4.78 is 40.0. The van der Waals surface area contributed by atoms with Gasteiger partial charge in [0.1, 0.15) is 17.8 Å². The minimum atomic E-state index is -4.55. The Morgan fingerprint density at radius 2 is 2.00 bits per heavy atom. The summed E-state index contributed by atoms with van der Waals surface area (Å²) >= 11 is 0. The Kier molecular flexibility index (Phi) is 3.77. The number of aliphatic hydroxyl groups is 1. The summed E-state index contributed by atoms with van der Waals surface area (Å²) in [6, 6.07) is 2.73. The van der Waals surface area contributed by atoms with Gasteiger partial charge < -0.3 is 15.5 Å². The standard InChI is InChI=1S/C17H16F3N5O2/c1-16(27)5-10(6-16)22-15-24-23-14(12-7-21-8-25(12)15)11-3-2-9(4-13(11)26)17(18,19)20/h2-4,7-8,10,26-27H,5-6H2,1H3,(H,22,24). The van der Waals surface area contributed by atoms with Gasteiger partial charge in [-0.1, -0.05) is 0 Å². The molecule has 0 bridgehead atoms. The van der Waals surface area contributed by atoms with Crippen LogP contribution in [0.2, 0.25) is 0 Å². The van der Waals surface area contributed by atoms with Crippen molar-refractivity contribution < 1.29 is 23.4 Å². The second kappa shape index (κ2) is 5.81. The number of benzene rings is 1. The third-order valence-corrected chi connectivity index (χ3v) is 4.64. The predicted molar refractivity (Wildman–Crippen MR) is 90.2 cm³/mol. The summed E-state index contributed by atoms with van der Waals surface area (Å²) in [6.45, 7) is 1.75. The number of phenolic OH excluding ortho intramolecular Hbond substituents is 1. The second-order valence-corrected chi connectivity index (χ2v) is 7.00. The topological polar surface area (TPSA) is 95.6 Å². The number of halogens is 3. The molecule has 3 N–H and O–H groups in total. The lowest BCUT2D eigenvalue weighted by Gasteiger charge is -2.41. The van der Waals surface area contributed by atoms with Crippen LogP contribution in [0.15, 0.2) is 30.7 Å². The van der Waals surface area contributed by atoms with Crippen molar-refractivity contribution in [3.8, 4) is 17.0 Å². The lowest BCUT2D eigenvalue weighted by atomic mass is 9.77. The Hall–Kier alpha value is -2.88. The molecule has 10 heteroatoms. The third kappa shape index (κ3) is 3.16. The smallest absolute Gasteiger partial charge is 0.416 e. The van der Waals surface area contributed by atoms with Crippen LogP contribution in [-0.4, -0.2) is 41.4 Å². The highest BCUT2D eigenvalue weighted by atomic mass is 19.4. The molecule has 4 rings (SSSR count). The van der Waals surface area contributed by atoms with Crippen LogP contribution in [0, 0.1) is 0 Å². The fraction of sp³-hybridized carbons (Fsp3) is 0.353. The molecule has 3 aromatic rings. The Morgan fingerprint density at radius 3 is 2.63 bits per heavy atom. The molecule has 2 aromatic heterocycles. The van der Waals surface area contributed by atoms with E-state index in [1.807, 2.05) is 0 Å². The van der Waals surface area contributed by atoms with Gasteiger partial charge >= 0.3 is 6.18 Å². The molecule has 1 fully saturated rings. The summed E-state index contributed by atoms with van der Waals surface area (Å²) in [5, 5.41) is 31.2. The number of hydrogen-bond acceptors (Lipinski definition) is 6. The minimum absolute atomic E-state index is 0.0326. The number of aromatic nitrogens is 4. The number of aromatic hydroxyl groups is 1. The number of nitrogens with one attached hydrogen (secondary N) is 1. The molecule has 1 aromatic carbocycles. The van der Waals surface area contributed by atoms with Crippen LogP contribution in [0.5, 0.6) is 5.75 Å². The highest BCUT2D eigenvalue weighted by Gasteiger charge is 2.39. The average molecular weight is 379 g/mol. The third-order valence-electron chi connectivity index (χ3n) is 4.64. The fourth-order valence-corrected chi connectivity index (χ4v) is 3.32. The van der Waals surface area contributed by atoms with E-state index < -0.39 is 23.1 Å². The lowest BCUT2D eigenvalue weighted by molar-refractivity contribution is -0.137. The molecule has 1 saturated carbocycles. The Morgan fingerprint density at radius 1 is 1.26 bits per heavy atom. The summed E-state index contributed by atoms with van der Waals surface area (Å²) in [6.07, 6.45) is -0.443. The molecule has 1 aliphatic rings. The number of anilines is 1. The zero-order chi connectivity index (χ0) is 19.4. The molecule has 2 heterocycles. The SMILES string of the molecule is CC1(O)CC(Nc2nnc(-c3ccc(C(F)(F)F)cc3O)c3cncn23)C1. The van der Waals surface area contributed by atoms with Crippen LogP contribution in [0.25, 0.3) is 16.8 Å². The van der Waals surface area contributed by atoms with Gasteiger partial charge in [-0.3, -0.25) is 4.40 Å². The van der Waals surface area contributed by atoms with Gasteiger partial charge in [-0.25, -0.2) is 4.98 Å². The zero-order valence-electron chi connectivity index (χ0n) is 14.2. The molecular formula is C17H16F3N5O2. The van der Waals surface area contributed by atoms with E-state index in [1.165, 1.54) is 12.5 Å². The molecule has 0 amide bonds. The Bertz CT molecular complexity index is 1010.